The first kappa shape index (κ1) is 11.2. The van der Waals surface area contributed by atoms with Gasteiger partial charge in [0, 0.05) is 5.02 Å². The Bertz CT molecular complexity index is 393. The monoisotopic (exact) mass is 241 g/mol. The second kappa shape index (κ2) is 4.72. The third-order valence-electron chi connectivity index (χ3n) is 2.51. The molecule has 4 nitrogen and oxygen atoms in total. The third-order valence-corrected chi connectivity index (χ3v) is 2.88. The summed E-state index contributed by atoms with van der Waals surface area (Å²) in [6, 6.07) is 7.19. The van der Waals surface area contributed by atoms with Crippen LogP contribution in [0.3, 0.4) is 0 Å². The van der Waals surface area contributed by atoms with E-state index in [0.29, 0.717) is 18.1 Å². The molecule has 0 spiro atoms. The van der Waals surface area contributed by atoms with Crippen molar-refractivity contribution in [1.82, 2.24) is 5.32 Å². The lowest BCUT2D eigenvalue weighted by molar-refractivity contribution is 0.186. The fourth-order valence-electron chi connectivity index (χ4n) is 1.62. The minimum Gasteiger partial charge on any atom is -0.465 e. The van der Waals surface area contributed by atoms with E-state index in [-0.39, 0.29) is 12.1 Å². The topological polar surface area (TPSA) is 61.9 Å². The SMILES string of the molecule is O=C(O)N[C@@H](Cc1ccccc1Cl)C1CO1. The van der Waals surface area contributed by atoms with Gasteiger partial charge in [0.2, 0.25) is 0 Å². The second-order valence-electron chi connectivity index (χ2n) is 3.72. The Kier molecular flexibility index (Phi) is 3.31. The molecule has 16 heavy (non-hydrogen) atoms. The van der Waals surface area contributed by atoms with Crippen LogP contribution in [0.25, 0.3) is 0 Å². The molecule has 1 aliphatic rings. The minimum absolute atomic E-state index is 0.0210. The van der Waals surface area contributed by atoms with Crippen molar-refractivity contribution in [1.29, 1.82) is 0 Å². The fraction of sp³-hybridized carbons (Fsp3) is 0.364. The van der Waals surface area contributed by atoms with Gasteiger partial charge < -0.3 is 15.2 Å². The van der Waals surface area contributed by atoms with E-state index in [9.17, 15) is 4.79 Å². The van der Waals surface area contributed by atoms with Gasteiger partial charge in [0.05, 0.1) is 12.6 Å². The van der Waals surface area contributed by atoms with Crippen molar-refractivity contribution < 1.29 is 14.6 Å². The molecule has 0 saturated carbocycles. The van der Waals surface area contributed by atoms with E-state index in [2.05, 4.69) is 5.32 Å². The fourth-order valence-corrected chi connectivity index (χ4v) is 1.84. The molecule has 1 unspecified atom stereocenters. The summed E-state index contributed by atoms with van der Waals surface area (Å²) in [5.74, 6) is 0. The zero-order valence-corrected chi connectivity index (χ0v) is 9.28. The first-order chi connectivity index (χ1) is 7.66. The van der Waals surface area contributed by atoms with Gasteiger partial charge in [-0.15, -0.1) is 0 Å². The normalized spacial score (nSPS) is 20.2. The molecule has 1 aliphatic heterocycles. The number of rotatable bonds is 4. The standard InChI is InChI=1S/C11H12ClNO3/c12-8-4-2-1-3-7(8)5-9(10-6-16-10)13-11(14)15/h1-4,9-10,13H,5-6H2,(H,14,15)/t9-,10?/m0/s1. The molecule has 1 aromatic rings. The van der Waals surface area contributed by atoms with Gasteiger partial charge >= 0.3 is 6.09 Å². The molecule has 1 amide bonds. The molecule has 2 rings (SSSR count). The number of ether oxygens (including phenoxy) is 1. The summed E-state index contributed by atoms with van der Waals surface area (Å²) in [5.41, 5.74) is 0.929. The molecular weight excluding hydrogens is 230 g/mol. The van der Waals surface area contributed by atoms with Crippen LogP contribution < -0.4 is 5.32 Å². The van der Waals surface area contributed by atoms with Crippen molar-refractivity contribution in [2.45, 2.75) is 18.6 Å². The Morgan fingerprint density at radius 3 is 2.88 bits per heavy atom. The van der Waals surface area contributed by atoms with Crippen molar-refractivity contribution in [3.8, 4) is 0 Å². The quantitative estimate of drug-likeness (QED) is 0.792. The summed E-state index contributed by atoms with van der Waals surface area (Å²) in [4.78, 5) is 10.6. The number of benzene rings is 1. The van der Waals surface area contributed by atoms with Crippen molar-refractivity contribution >= 4 is 17.7 Å². The van der Waals surface area contributed by atoms with E-state index in [4.69, 9.17) is 21.4 Å². The molecule has 1 fully saturated rings. The van der Waals surface area contributed by atoms with Crippen LogP contribution in [-0.2, 0) is 11.2 Å². The summed E-state index contributed by atoms with van der Waals surface area (Å²) in [6.45, 7) is 0.607. The largest absolute Gasteiger partial charge is 0.465 e. The molecule has 0 radical (unpaired) electrons. The first-order valence-corrected chi connectivity index (χ1v) is 5.39. The van der Waals surface area contributed by atoms with E-state index in [1.54, 1.807) is 6.07 Å². The number of amides is 1. The van der Waals surface area contributed by atoms with Crippen molar-refractivity contribution in [2.24, 2.45) is 0 Å². The number of epoxide rings is 1. The van der Waals surface area contributed by atoms with E-state index >= 15 is 0 Å². The highest BCUT2D eigenvalue weighted by Crippen LogP contribution is 2.22. The Labute approximate surface area is 98.2 Å². The van der Waals surface area contributed by atoms with Gasteiger partial charge in [-0.3, -0.25) is 0 Å². The van der Waals surface area contributed by atoms with Gasteiger partial charge in [0.25, 0.3) is 0 Å². The van der Waals surface area contributed by atoms with Gasteiger partial charge in [-0.25, -0.2) is 4.79 Å². The molecule has 5 heteroatoms. The summed E-state index contributed by atoms with van der Waals surface area (Å²) in [7, 11) is 0. The minimum atomic E-state index is -1.03. The molecule has 2 N–H and O–H groups in total. The maximum atomic E-state index is 10.6. The zero-order valence-electron chi connectivity index (χ0n) is 8.52. The Morgan fingerprint density at radius 2 is 2.31 bits per heavy atom. The van der Waals surface area contributed by atoms with Crippen molar-refractivity contribution in [3.63, 3.8) is 0 Å². The Hall–Kier alpha value is -1.26. The van der Waals surface area contributed by atoms with Gasteiger partial charge in [-0.2, -0.15) is 0 Å². The van der Waals surface area contributed by atoms with Crippen LogP contribution in [0.4, 0.5) is 4.79 Å². The molecule has 1 saturated heterocycles. The molecule has 2 atom stereocenters. The maximum absolute atomic E-state index is 10.6. The predicted molar refractivity (Wildman–Crippen MR) is 59.8 cm³/mol. The van der Waals surface area contributed by atoms with Crippen LogP contribution in [0.15, 0.2) is 24.3 Å². The molecular formula is C11H12ClNO3. The van der Waals surface area contributed by atoms with Crippen LogP contribution in [-0.4, -0.2) is 30.0 Å². The third kappa shape index (κ3) is 2.87. The van der Waals surface area contributed by atoms with E-state index in [1.165, 1.54) is 0 Å². The van der Waals surface area contributed by atoms with Crippen molar-refractivity contribution in [3.05, 3.63) is 34.9 Å². The number of carbonyl (C=O) groups is 1. The van der Waals surface area contributed by atoms with Gasteiger partial charge in [-0.1, -0.05) is 29.8 Å². The highest BCUT2D eigenvalue weighted by atomic mass is 35.5. The highest BCUT2D eigenvalue weighted by Gasteiger charge is 2.34. The van der Waals surface area contributed by atoms with Gasteiger partial charge in [-0.05, 0) is 18.1 Å². The molecule has 86 valence electrons. The highest BCUT2D eigenvalue weighted by molar-refractivity contribution is 6.31. The Balaban J connectivity index is 2.05. The average molecular weight is 242 g/mol. The van der Waals surface area contributed by atoms with Crippen LogP contribution in [0.5, 0.6) is 0 Å². The summed E-state index contributed by atoms with van der Waals surface area (Å²) in [6.07, 6.45) is -0.503. The first-order valence-electron chi connectivity index (χ1n) is 5.01. The van der Waals surface area contributed by atoms with Crippen molar-refractivity contribution in [2.75, 3.05) is 6.61 Å². The average Bonchev–Trinajstić information content (AvgIpc) is 3.03. The van der Waals surface area contributed by atoms with Gasteiger partial charge in [0.1, 0.15) is 6.10 Å². The van der Waals surface area contributed by atoms with Crippen LogP contribution in [0, 0.1) is 0 Å². The molecule has 0 aliphatic carbocycles. The summed E-state index contributed by atoms with van der Waals surface area (Å²) >= 11 is 6.01. The molecule has 1 aromatic carbocycles. The van der Waals surface area contributed by atoms with E-state index in [1.807, 2.05) is 18.2 Å². The lowest BCUT2D eigenvalue weighted by Crippen LogP contribution is -2.39. The number of carboxylic acid groups (broad SMARTS) is 1. The zero-order chi connectivity index (χ0) is 11.5. The maximum Gasteiger partial charge on any atom is 0.404 e. The predicted octanol–water partition coefficient (Wildman–Crippen LogP) is 1.92. The van der Waals surface area contributed by atoms with Crippen LogP contribution in [0.2, 0.25) is 5.02 Å². The van der Waals surface area contributed by atoms with Gasteiger partial charge in [0.15, 0.2) is 0 Å². The number of hydrogen-bond donors (Lipinski definition) is 2. The smallest absolute Gasteiger partial charge is 0.404 e. The van der Waals surface area contributed by atoms with Crippen LogP contribution >= 0.6 is 11.6 Å². The number of nitrogens with one attached hydrogen (secondary N) is 1. The van der Waals surface area contributed by atoms with E-state index in [0.717, 1.165) is 5.56 Å². The summed E-state index contributed by atoms with van der Waals surface area (Å²) in [5, 5.41) is 11.8. The number of halogens is 1. The molecule has 1 heterocycles. The lowest BCUT2D eigenvalue weighted by Gasteiger charge is -2.15. The molecule has 0 bridgehead atoms. The van der Waals surface area contributed by atoms with Crippen LogP contribution in [0.1, 0.15) is 5.56 Å². The summed E-state index contributed by atoms with van der Waals surface area (Å²) < 4.78 is 5.11. The lowest BCUT2D eigenvalue weighted by atomic mass is 10.0. The number of hydrogen-bond acceptors (Lipinski definition) is 2. The molecule has 0 aromatic heterocycles. The Morgan fingerprint density at radius 1 is 1.62 bits per heavy atom. The van der Waals surface area contributed by atoms with E-state index < -0.39 is 6.09 Å². The second-order valence-corrected chi connectivity index (χ2v) is 4.13.